The molecule has 14 heteroatoms. The number of aromatic amines is 1. The van der Waals surface area contributed by atoms with Crippen LogP contribution in [0.2, 0.25) is 0 Å². The van der Waals surface area contributed by atoms with Crippen LogP contribution in [0, 0.1) is 17.3 Å². The predicted octanol–water partition coefficient (Wildman–Crippen LogP) is 5.08. The number of benzene rings is 2. The van der Waals surface area contributed by atoms with Crippen LogP contribution in [0.25, 0.3) is 10.9 Å². The van der Waals surface area contributed by atoms with Crippen molar-refractivity contribution in [2.75, 3.05) is 59.5 Å². The van der Waals surface area contributed by atoms with E-state index in [0.29, 0.717) is 61.7 Å². The Balaban J connectivity index is 1.35. The van der Waals surface area contributed by atoms with Crippen LogP contribution in [0.1, 0.15) is 68.8 Å². The van der Waals surface area contributed by atoms with Crippen molar-refractivity contribution in [1.29, 1.82) is 0 Å². The number of likely N-dealkylation sites (N-methyl/N-ethyl adjacent to an activating group) is 1. The number of hydrogen-bond acceptors (Lipinski definition) is 11. The smallest absolute Gasteiger partial charge is 0.344 e. The van der Waals surface area contributed by atoms with Crippen molar-refractivity contribution in [2.24, 2.45) is 17.3 Å². The molecule has 316 valence electrons. The maximum absolute atomic E-state index is 15.3. The number of aliphatic hydroxyl groups is 1. The molecular weight excluding hydrogens is 763 g/mol. The van der Waals surface area contributed by atoms with Gasteiger partial charge in [0.2, 0.25) is 11.5 Å². The number of halogens is 2. The highest BCUT2D eigenvalue weighted by atomic mass is 19.3. The van der Waals surface area contributed by atoms with Crippen LogP contribution in [0.15, 0.2) is 48.6 Å². The van der Waals surface area contributed by atoms with Crippen molar-refractivity contribution in [2.45, 2.75) is 93.5 Å². The molecule has 3 aromatic rings. The van der Waals surface area contributed by atoms with Gasteiger partial charge in [-0.05, 0) is 68.3 Å². The topological polar surface area (TPSA) is 134 Å². The Bertz CT molecular complexity index is 2270. The second-order valence-corrected chi connectivity index (χ2v) is 18.0. The van der Waals surface area contributed by atoms with Gasteiger partial charge in [0, 0.05) is 96.9 Å². The standard InChI is InChI=1S/C45H54F2N4O8/c1-8-42-14-11-16-51-17-15-43(36(42)51)30-19-31(34(56-5)20-33(30)49(4)37(43)45(55,40(54)58-7)38(42)59-25(2)52)44(39(53)57-6)21-26-18-27(41(3,46)47)23-50(22-26)24-29-28-12-9-10-13-32(28)48-35(29)44/h9-14,19-20,26-27,36-38,48,55H,8,15-18,21-24H2,1-7H3/t26?,27-,36+,37-,38-,42-,43-,44+,45+/m1/s1. The predicted molar refractivity (Wildman–Crippen MR) is 214 cm³/mol. The fourth-order valence-electron chi connectivity index (χ4n) is 13.2. The highest BCUT2D eigenvalue weighted by Gasteiger charge is 2.80. The number of hydrogen-bond donors (Lipinski definition) is 2. The summed E-state index contributed by atoms with van der Waals surface area (Å²) in [6.45, 7) is 6.55. The molecule has 1 saturated carbocycles. The number of H-pyrrole nitrogens is 1. The third kappa shape index (κ3) is 5.17. The summed E-state index contributed by atoms with van der Waals surface area (Å²) < 4.78 is 54.3. The number of carbonyl (C=O) groups excluding carboxylic acids is 3. The van der Waals surface area contributed by atoms with E-state index in [-0.39, 0.29) is 31.3 Å². The molecule has 10 atom stereocenters. The summed E-state index contributed by atoms with van der Waals surface area (Å²) in [6, 6.07) is 10.3. The maximum Gasteiger partial charge on any atom is 0.344 e. The number of aromatic nitrogens is 1. The van der Waals surface area contributed by atoms with Crippen LogP contribution < -0.4 is 9.64 Å². The molecule has 6 heterocycles. The zero-order valence-electron chi connectivity index (χ0n) is 34.8. The molecule has 2 N–H and O–H groups in total. The second kappa shape index (κ2) is 13.5. The van der Waals surface area contributed by atoms with Crippen molar-refractivity contribution in [3.63, 3.8) is 0 Å². The molecule has 2 aromatic carbocycles. The van der Waals surface area contributed by atoms with Gasteiger partial charge in [0.25, 0.3) is 0 Å². The minimum Gasteiger partial charge on any atom is -0.496 e. The highest BCUT2D eigenvalue weighted by Crippen LogP contribution is 2.68. The van der Waals surface area contributed by atoms with E-state index in [9.17, 15) is 14.7 Å². The van der Waals surface area contributed by atoms with E-state index in [1.807, 2.05) is 67.4 Å². The summed E-state index contributed by atoms with van der Waals surface area (Å²) in [6.07, 6.45) is 4.04. The zero-order valence-corrected chi connectivity index (χ0v) is 34.8. The van der Waals surface area contributed by atoms with Crippen LogP contribution in [-0.2, 0) is 46.0 Å². The van der Waals surface area contributed by atoms with Gasteiger partial charge >= 0.3 is 17.9 Å². The number of para-hydroxylation sites is 1. The average molecular weight is 817 g/mol. The van der Waals surface area contributed by atoms with Crippen LogP contribution in [-0.4, -0.2) is 122 Å². The number of methoxy groups -OCH3 is 3. The first-order chi connectivity index (χ1) is 28.1. The molecule has 3 fully saturated rings. The second-order valence-electron chi connectivity index (χ2n) is 18.0. The first kappa shape index (κ1) is 39.9. The fourth-order valence-corrected chi connectivity index (χ4v) is 13.2. The number of nitrogens with one attached hydrogen (secondary N) is 1. The summed E-state index contributed by atoms with van der Waals surface area (Å²) in [5, 5.41) is 14.2. The van der Waals surface area contributed by atoms with Gasteiger partial charge in [0.1, 0.15) is 11.2 Å². The number of piperidine rings is 1. The Hall–Kier alpha value is -4.53. The minimum atomic E-state index is -2.94. The molecule has 0 radical (unpaired) electrons. The normalized spacial score (nSPS) is 35.8. The van der Waals surface area contributed by atoms with Crippen molar-refractivity contribution in [3.8, 4) is 5.75 Å². The van der Waals surface area contributed by atoms with Gasteiger partial charge in [-0.15, -0.1) is 0 Å². The lowest BCUT2D eigenvalue weighted by Crippen LogP contribution is -2.81. The molecule has 6 aliphatic rings. The highest BCUT2D eigenvalue weighted by molar-refractivity contribution is 5.95. The van der Waals surface area contributed by atoms with Crippen LogP contribution in [0.4, 0.5) is 14.5 Å². The summed E-state index contributed by atoms with van der Waals surface area (Å²) in [7, 11) is 5.94. The number of anilines is 1. The Morgan fingerprint density at radius 1 is 1.03 bits per heavy atom. The molecular formula is C45H54F2N4O8. The molecule has 59 heavy (non-hydrogen) atoms. The quantitative estimate of drug-likeness (QED) is 0.188. The van der Waals surface area contributed by atoms with E-state index >= 15 is 13.6 Å². The SMILES string of the molecule is CC[C@]12C=CCN3CC[C@@]4(c5cc([C@@]6(C(=O)OC)CC7C[C@@H](C(C)(F)F)CN(Cc8c6[nH]c6ccccc86)C7)c(OC)cc5N(C)[C@H]4[C@@](O)(C(=O)OC)[C@@H]1OC(C)=O)[C@@H]32. The van der Waals surface area contributed by atoms with E-state index in [1.54, 1.807) is 0 Å². The van der Waals surface area contributed by atoms with E-state index < -0.39 is 63.7 Å². The van der Waals surface area contributed by atoms with E-state index in [4.69, 9.17) is 18.9 Å². The van der Waals surface area contributed by atoms with Gasteiger partial charge < -0.3 is 33.9 Å². The number of fused-ring (bicyclic) bond motifs is 6. The third-order valence-electron chi connectivity index (χ3n) is 15.3. The Kier molecular flexibility index (Phi) is 9.12. The van der Waals surface area contributed by atoms with Crippen molar-refractivity contribution in [3.05, 3.63) is 70.9 Å². The summed E-state index contributed by atoms with van der Waals surface area (Å²) in [5.74, 6) is -5.92. The number of nitrogens with zero attached hydrogens (tertiary/aromatic N) is 3. The van der Waals surface area contributed by atoms with E-state index in [2.05, 4.69) is 14.8 Å². The molecule has 1 aliphatic carbocycles. The van der Waals surface area contributed by atoms with Crippen molar-refractivity contribution >= 4 is 34.5 Å². The van der Waals surface area contributed by atoms with Crippen molar-refractivity contribution in [1.82, 2.24) is 14.8 Å². The van der Waals surface area contributed by atoms with E-state index in [1.165, 1.54) is 28.3 Å². The summed E-state index contributed by atoms with van der Waals surface area (Å²) in [5.41, 5.74) is -1.64. The largest absolute Gasteiger partial charge is 0.496 e. The summed E-state index contributed by atoms with van der Waals surface area (Å²) >= 11 is 0. The molecule has 2 unspecified atom stereocenters. The summed E-state index contributed by atoms with van der Waals surface area (Å²) in [4.78, 5) is 52.5. The zero-order chi connectivity index (χ0) is 42.0. The van der Waals surface area contributed by atoms with Crippen LogP contribution >= 0.6 is 0 Å². The minimum absolute atomic E-state index is 0.155. The van der Waals surface area contributed by atoms with Gasteiger partial charge in [-0.2, -0.15) is 0 Å². The molecule has 9 rings (SSSR count). The number of esters is 3. The third-order valence-corrected chi connectivity index (χ3v) is 15.3. The Morgan fingerprint density at radius 3 is 2.46 bits per heavy atom. The van der Waals surface area contributed by atoms with Crippen molar-refractivity contribution < 1.29 is 47.2 Å². The first-order valence-corrected chi connectivity index (χ1v) is 20.7. The monoisotopic (exact) mass is 816 g/mol. The lowest BCUT2D eigenvalue weighted by atomic mass is 9.47. The van der Waals surface area contributed by atoms with Gasteiger partial charge in [0.15, 0.2) is 6.10 Å². The lowest BCUT2D eigenvalue weighted by molar-refractivity contribution is -0.228. The van der Waals surface area contributed by atoms with Crippen LogP contribution in [0.3, 0.4) is 0 Å². The number of rotatable bonds is 7. The maximum atomic E-state index is 15.3. The van der Waals surface area contributed by atoms with Gasteiger partial charge in [-0.25, -0.2) is 13.6 Å². The Morgan fingerprint density at radius 2 is 1.78 bits per heavy atom. The molecule has 12 nitrogen and oxygen atoms in total. The van der Waals surface area contributed by atoms with Crippen LogP contribution in [0.5, 0.6) is 5.75 Å². The number of alkyl halides is 2. The lowest BCUT2D eigenvalue weighted by Gasteiger charge is -2.63. The molecule has 2 saturated heterocycles. The number of carbonyl (C=O) groups is 3. The van der Waals surface area contributed by atoms with Gasteiger partial charge in [0.05, 0.1) is 27.4 Å². The molecule has 2 bridgehead atoms. The average Bonchev–Trinajstić information content (AvgIpc) is 3.86. The molecule has 1 spiro atoms. The van der Waals surface area contributed by atoms with Gasteiger partial charge in [-0.3, -0.25) is 19.4 Å². The molecule has 1 aromatic heterocycles. The number of ether oxygens (including phenoxy) is 4. The molecule has 0 amide bonds. The van der Waals surface area contributed by atoms with Gasteiger partial charge in [-0.1, -0.05) is 37.3 Å². The molecule has 5 aliphatic heterocycles. The van der Waals surface area contributed by atoms with E-state index in [0.717, 1.165) is 29.0 Å². The fraction of sp³-hybridized carbons (Fsp3) is 0.578. The first-order valence-electron chi connectivity index (χ1n) is 20.7. The Labute approximate surface area is 342 Å².